The number of rotatable bonds is 3. The molecule has 2 heterocycles. The number of aromatic nitrogens is 2. The summed E-state index contributed by atoms with van der Waals surface area (Å²) in [6.45, 7) is 3.67. The molecular weight excluding hydrogens is 276 g/mol. The molecule has 0 aliphatic heterocycles. The molecule has 110 valence electrons. The van der Waals surface area contributed by atoms with Crippen LogP contribution in [0.3, 0.4) is 0 Å². The van der Waals surface area contributed by atoms with Gasteiger partial charge in [-0.25, -0.2) is 10.4 Å². The van der Waals surface area contributed by atoms with E-state index >= 15 is 0 Å². The average Bonchev–Trinajstić information content (AvgIpc) is 2.89. The van der Waals surface area contributed by atoms with Gasteiger partial charge in [0.15, 0.2) is 0 Å². The lowest BCUT2D eigenvalue weighted by molar-refractivity contribution is 0.0948. The quantitative estimate of drug-likeness (QED) is 0.596. The van der Waals surface area contributed by atoms with Crippen molar-refractivity contribution in [3.63, 3.8) is 0 Å². The van der Waals surface area contributed by atoms with Crippen molar-refractivity contribution >= 4 is 17.3 Å². The Labute approximate surface area is 128 Å². The normalized spacial score (nSPS) is 11.6. The molecule has 0 fully saturated rings. The van der Waals surface area contributed by atoms with Gasteiger partial charge < -0.3 is 0 Å². The van der Waals surface area contributed by atoms with Crippen LogP contribution in [0.15, 0.2) is 59.8 Å². The maximum Gasteiger partial charge on any atom is 0.290 e. The number of pyridine rings is 1. The van der Waals surface area contributed by atoms with Crippen molar-refractivity contribution < 1.29 is 4.79 Å². The van der Waals surface area contributed by atoms with Gasteiger partial charge in [-0.1, -0.05) is 36.4 Å². The minimum absolute atomic E-state index is 0.272. The standard InChI is InChI=1S/C17H16N4O/c1-12(14-8-4-3-5-9-14)19-20-17(22)16-13(2)18-15-10-6-7-11-21(15)16/h3-11H,1-2H3,(H,20,22)/b19-12+. The van der Waals surface area contributed by atoms with Crippen LogP contribution in [0, 0.1) is 6.92 Å². The highest BCUT2D eigenvalue weighted by atomic mass is 16.2. The summed E-state index contributed by atoms with van der Waals surface area (Å²) in [6, 6.07) is 15.3. The molecule has 3 aromatic rings. The molecule has 0 bridgehead atoms. The lowest BCUT2D eigenvalue weighted by Gasteiger charge is -2.04. The van der Waals surface area contributed by atoms with Crippen LogP contribution in [-0.2, 0) is 0 Å². The Bertz CT molecular complexity index is 849. The third-order valence-electron chi connectivity index (χ3n) is 3.44. The summed E-state index contributed by atoms with van der Waals surface area (Å²) in [5.74, 6) is -0.272. The summed E-state index contributed by atoms with van der Waals surface area (Å²) in [6.07, 6.45) is 1.82. The van der Waals surface area contributed by atoms with Gasteiger partial charge in [-0.05, 0) is 31.5 Å². The summed E-state index contributed by atoms with van der Waals surface area (Å²) in [7, 11) is 0. The van der Waals surface area contributed by atoms with Crippen LogP contribution in [0.2, 0.25) is 0 Å². The van der Waals surface area contributed by atoms with Crippen molar-refractivity contribution in [3.8, 4) is 0 Å². The van der Waals surface area contributed by atoms with Crippen LogP contribution >= 0.6 is 0 Å². The van der Waals surface area contributed by atoms with Gasteiger partial charge in [0.2, 0.25) is 0 Å². The van der Waals surface area contributed by atoms with Gasteiger partial charge in [-0.3, -0.25) is 9.20 Å². The highest BCUT2D eigenvalue weighted by Crippen LogP contribution is 2.11. The molecule has 0 saturated carbocycles. The van der Waals surface area contributed by atoms with Crippen LogP contribution in [0.5, 0.6) is 0 Å². The zero-order chi connectivity index (χ0) is 15.5. The maximum absolute atomic E-state index is 12.4. The molecule has 0 aliphatic rings. The van der Waals surface area contributed by atoms with E-state index in [1.54, 1.807) is 4.40 Å². The summed E-state index contributed by atoms with van der Waals surface area (Å²) in [5, 5.41) is 4.17. The fourth-order valence-corrected chi connectivity index (χ4v) is 2.32. The Hall–Kier alpha value is -2.95. The predicted octanol–water partition coefficient (Wildman–Crippen LogP) is 2.80. The molecule has 0 aliphatic carbocycles. The van der Waals surface area contributed by atoms with E-state index in [0.717, 1.165) is 16.9 Å². The molecule has 0 atom stereocenters. The number of carbonyl (C=O) groups excluding carboxylic acids is 1. The number of carbonyl (C=O) groups is 1. The number of hydrogen-bond donors (Lipinski definition) is 1. The zero-order valence-electron chi connectivity index (χ0n) is 12.4. The van der Waals surface area contributed by atoms with Crippen LogP contribution in [-0.4, -0.2) is 21.0 Å². The lowest BCUT2D eigenvalue weighted by atomic mass is 10.1. The van der Waals surface area contributed by atoms with Gasteiger partial charge in [-0.2, -0.15) is 5.10 Å². The first kappa shape index (κ1) is 14.0. The zero-order valence-corrected chi connectivity index (χ0v) is 12.4. The Kier molecular flexibility index (Phi) is 3.70. The molecule has 22 heavy (non-hydrogen) atoms. The van der Waals surface area contributed by atoms with Crippen molar-refractivity contribution in [3.05, 3.63) is 71.7 Å². The maximum atomic E-state index is 12.4. The van der Waals surface area contributed by atoms with Gasteiger partial charge in [0, 0.05) is 6.20 Å². The fourth-order valence-electron chi connectivity index (χ4n) is 2.32. The Morgan fingerprint density at radius 3 is 2.64 bits per heavy atom. The van der Waals surface area contributed by atoms with E-state index < -0.39 is 0 Å². The van der Waals surface area contributed by atoms with Gasteiger partial charge in [0.05, 0.1) is 11.4 Å². The summed E-state index contributed by atoms with van der Waals surface area (Å²) in [5.41, 5.74) is 6.25. The third-order valence-corrected chi connectivity index (χ3v) is 3.44. The minimum atomic E-state index is -0.272. The number of fused-ring (bicyclic) bond motifs is 1. The molecule has 3 rings (SSSR count). The largest absolute Gasteiger partial charge is 0.295 e. The SMILES string of the molecule is C/C(=N\NC(=O)c1c(C)nc2ccccn12)c1ccccc1. The van der Waals surface area contributed by atoms with E-state index in [-0.39, 0.29) is 5.91 Å². The van der Waals surface area contributed by atoms with Gasteiger partial charge >= 0.3 is 0 Å². The van der Waals surface area contributed by atoms with Crippen molar-refractivity contribution in [2.24, 2.45) is 5.10 Å². The van der Waals surface area contributed by atoms with E-state index in [9.17, 15) is 4.79 Å². The molecule has 2 aromatic heterocycles. The highest BCUT2D eigenvalue weighted by Gasteiger charge is 2.15. The highest BCUT2D eigenvalue weighted by molar-refractivity contribution is 6.00. The molecule has 1 aromatic carbocycles. The number of nitrogens with one attached hydrogen (secondary N) is 1. The Morgan fingerprint density at radius 2 is 1.86 bits per heavy atom. The van der Waals surface area contributed by atoms with Crippen LogP contribution in [0.1, 0.15) is 28.7 Å². The lowest BCUT2D eigenvalue weighted by Crippen LogP contribution is -2.21. The van der Waals surface area contributed by atoms with Gasteiger partial charge in [0.1, 0.15) is 11.3 Å². The smallest absolute Gasteiger partial charge is 0.290 e. The molecule has 5 nitrogen and oxygen atoms in total. The Balaban J connectivity index is 1.87. The van der Waals surface area contributed by atoms with Crippen molar-refractivity contribution in [2.75, 3.05) is 0 Å². The molecular formula is C17H16N4O. The van der Waals surface area contributed by atoms with E-state index in [1.807, 2.05) is 68.6 Å². The molecule has 1 N–H and O–H groups in total. The third kappa shape index (κ3) is 2.61. The number of amides is 1. The number of hydrogen-bond acceptors (Lipinski definition) is 3. The molecule has 0 spiro atoms. The monoisotopic (exact) mass is 292 g/mol. The second-order valence-corrected chi connectivity index (χ2v) is 4.98. The van der Waals surface area contributed by atoms with Gasteiger partial charge in [-0.15, -0.1) is 0 Å². The van der Waals surface area contributed by atoms with Crippen molar-refractivity contribution in [2.45, 2.75) is 13.8 Å². The fraction of sp³-hybridized carbons (Fsp3) is 0.118. The van der Waals surface area contributed by atoms with Crippen molar-refractivity contribution in [1.82, 2.24) is 14.8 Å². The first-order valence-electron chi connectivity index (χ1n) is 7.00. The van der Waals surface area contributed by atoms with Gasteiger partial charge in [0.25, 0.3) is 5.91 Å². The number of aryl methyl sites for hydroxylation is 1. The number of benzene rings is 1. The van der Waals surface area contributed by atoms with E-state index in [4.69, 9.17) is 0 Å². The minimum Gasteiger partial charge on any atom is -0.295 e. The van der Waals surface area contributed by atoms with E-state index in [2.05, 4.69) is 15.5 Å². The average molecular weight is 292 g/mol. The molecule has 1 amide bonds. The molecule has 0 unspecified atom stereocenters. The predicted molar refractivity (Wildman–Crippen MR) is 86.0 cm³/mol. The second-order valence-electron chi connectivity index (χ2n) is 4.98. The molecule has 5 heteroatoms. The summed E-state index contributed by atoms with van der Waals surface area (Å²) in [4.78, 5) is 16.8. The van der Waals surface area contributed by atoms with Crippen molar-refractivity contribution in [1.29, 1.82) is 0 Å². The number of nitrogens with zero attached hydrogens (tertiary/aromatic N) is 3. The summed E-state index contributed by atoms with van der Waals surface area (Å²) >= 11 is 0. The molecule has 0 saturated heterocycles. The van der Waals surface area contributed by atoms with Crippen LogP contribution in [0.4, 0.5) is 0 Å². The Morgan fingerprint density at radius 1 is 1.14 bits per heavy atom. The second kappa shape index (κ2) is 5.81. The van der Waals surface area contributed by atoms with E-state index in [0.29, 0.717) is 11.4 Å². The first-order chi connectivity index (χ1) is 10.7. The number of imidazole rings is 1. The number of hydrazone groups is 1. The first-order valence-corrected chi connectivity index (χ1v) is 7.00. The van der Waals surface area contributed by atoms with Crippen LogP contribution < -0.4 is 5.43 Å². The van der Waals surface area contributed by atoms with E-state index in [1.165, 1.54) is 0 Å². The van der Waals surface area contributed by atoms with Crippen LogP contribution in [0.25, 0.3) is 5.65 Å². The molecule has 0 radical (unpaired) electrons. The topological polar surface area (TPSA) is 58.8 Å². The summed E-state index contributed by atoms with van der Waals surface area (Å²) < 4.78 is 1.76.